The van der Waals surface area contributed by atoms with E-state index in [4.69, 9.17) is 0 Å². The summed E-state index contributed by atoms with van der Waals surface area (Å²) in [5, 5.41) is 4.36. The van der Waals surface area contributed by atoms with Crippen molar-refractivity contribution in [3.8, 4) is 0 Å². The summed E-state index contributed by atoms with van der Waals surface area (Å²) in [6.45, 7) is 5.10. The van der Waals surface area contributed by atoms with Crippen molar-refractivity contribution in [3.05, 3.63) is 35.0 Å². The Morgan fingerprint density at radius 2 is 2.00 bits per heavy atom. The summed E-state index contributed by atoms with van der Waals surface area (Å²) in [4.78, 5) is 15.3. The van der Waals surface area contributed by atoms with Crippen LogP contribution in [0.1, 0.15) is 48.9 Å². The molecular formula is C22H31N3O. The summed E-state index contributed by atoms with van der Waals surface area (Å²) >= 11 is 0. The van der Waals surface area contributed by atoms with Crippen LogP contribution in [-0.4, -0.2) is 36.0 Å². The van der Waals surface area contributed by atoms with Crippen LogP contribution >= 0.6 is 0 Å². The zero-order chi connectivity index (χ0) is 18.3. The number of benzene rings is 1. The number of nitrogens with one attached hydrogen (secondary N) is 1. The number of aryl methyl sites for hydroxylation is 1. The van der Waals surface area contributed by atoms with Crippen molar-refractivity contribution in [2.75, 3.05) is 20.6 Å². The Kier molecular flexibility index (Phi) is 4.55. The van der Waals surface area contributed by atoms with E-state index in [9.17, 15) is 4.79 Å². The van der Waals surface area contributed by atoms with Gasteiger partial charge in [-0.2, -0.15) is 0 Å². The lowest BCUT2D eigenvalue weighted by atomic mass is 9.73. The maximum atomic E-state index is 12.9. The van der Waals surface area contributed by atoms with Crippen molar-refractivity contribution in [1.82, 2.24) is 14.8 Å². The first-order valence-electron chi connectivity index (χ1n) is 10.1. The molecule has 4 nitrogen and oxygen atoms in total. The van der Waals surface area contributed by atoms with Gasteiger partial charge in [0.05, 0.1) is 5.41 Å². The highest BCUT2D eigenvalue weighted by Crippen LogP contribution is 2.41. The number of nitrogens with zero attached hydrogens (tertiary/aromatic N) is 2. The maximum Gasteiger partial charge on any atom is 0.227 e. The molecule has 1 aromatic heterocycles. The van der Waals surface area contributed by atoms with E-state index in [1.807, 2.05) is 0 Å². The largest absolute Gasteiger partial charge is 0.359 e. The molecule has 26 heavy (non-hydrogen) atoms. The molecule has 1 amide bonds. The van der Waals surface area contributed by atoms with Crippen LogP contribution in [0.15, 0.2) is 18.2 Å². The predicted molar refractivity (Wildman–Crippen MR) is 106 cm³/mol. The minimum atomic E-state index is -0.249. The Hall–Kier alpha value is -1.81. The first kappa shape index (κ1) is 17.6. The molecule has 0 saturated heterocycles. The van der Waals surface area contributed by atoms with Gasteiger partial charge in [-0.25, -0.2) is 0 Å². The van der Waals surface area contributed by atoms with E-state index in [2.05, 4.69) is 47.0 Å². The van der Waals surface area contributed by atoms with Crippen molar-refractivity contribution in [1.29, 1.82) is 0 Å². The molecule has 4 rings (SSSR count). The molecule has 0 spiro atoms. The Morgan fingerprint density at radius 3 is 2.73 bits per heavy atom. The quantitative estimate of drug-likeness (QED) is 0.915. The van der Waals surface area contributed by atoms with Crippen LogP contribution in [0.5, 0.6) is 0 Å². The number of fused-ring (bicyclic) bond motifs is 3. The predicted octanol–water partition coefficient (Wildman–Crippen LogP) is 3.63. The molecule has 1 aliphatic carbocycles. The van der Waals surface area contributed by atoms with E-state index in [0.29, 0.717) is 0 Å². The second kappa shape index (κ2) is 6.73. The van der Waals surface area contributed by atoms with Gasteiger partial charge < -0.3 is 14.8 Å². The fraction of sp³-hybridized carbons (Fsp3) is 0.591. The molecule has 0 radical (unpaired) electrons. The molecule has 1 N–H and O–H groups in total. The molecule has 0 bridgehead atoms. The zero-order valence-electron chi connectivity index (χ0n) is 16.4. The molecule has 0 atom stereocenters. The normalized spacial score (nSPS) is 20.1. The summed E-state index contributed by atoms with van der Waals surface area (Å²) in [6.07, 6.45) is 6.67. The number of rotatable bonds is 3. The van der Waals surface area contributed by atoms with Crippen LogP contribution in [0, 0.1) is 12.3 Å². The van der Waals surface area contributed by atoms with E-state index < -0.39 is 0 Å². The van der Waals surface area contributed by atoms with E-state index >= 15 is 0 Å². The van der Waals surface area contributed by atoms with Crippen molar-refractivity contribution < 1.29 is 4.79 Å². The van der Waals surface area contributed by atoms with Gasteiger partial charge in [-0.1, -0.05) is 30.9 Å². The van der Waals surface area contributed by atoms with E-state index in [1.54, 1.807) is 7.05 Å². The SMILES string of the molecule is CNC(=O)C1(Cn2c3c(c4cc(C)ccc42)CN(C)CC3)CCCCC1. The van der Waals surface area contributed by atoms with Crippen LogP contribution in [0.4, 0.5) is 0 Å². The van der Waals surface area contributed by atoms with Gasteiger partial charge >= 0.3 is 0 Å². The van der Waals surface area contributed by atoms with Crippen molar-refractivity contribution in [3.63, 3.8) is 0 Å². The molecule has 2 aliphatic rings. The van der Waals surface area contributed by atoms with Gasteiger partial charge in [0.2, 0.25) is 5.91 Å². The summed E-state index contributed by atoms with van der Waals surface area (Å²) < 4.78 is 2.50. The Morgan fingerprint density at radius 1 is 1.23 bits per heavy atom. The van der Waals surface area contributed by atoms with Gasteiger partial charge in [-0.05, 0) is 44.5 Å². The average molecular weight is 354 g/mol. The fourth-order valence-electron chi connectivity index (χ4n) is 5.13. The fourth-order valence-corrected chi connectivity index (χ4v) is 5.13. The Labute approximate surface area is 156 Å². The first-order valence-corrected chi connectivity index (χ1v) is 10.1. The van der Waals surface area contributed by atoms with E-state index in [1.165, 1.54) is 34.1 Å². The monoisotopic (exact) mass is 353 g/mol. The summed E-state index contributed by atoms with van der Waals surface area (Å²) in [7, 11) is 4.00. The van der Waals surface area contributed by atoms with Gasteiger partial charge in [0.1, 0.15) is 0 Å². The minimum Gasteiger partial charge on any atom is -0.359 e. The first-order chi connectivity index (χ1) is 12.5. The third-order valence-corrected chi connectivity index (χ3v) is 6.58. The molecule has 140 valence electrons. The smallest absolute Gasteiger partial charge is 0.227 e. The lowest BCUT2D eigenvalue weighted by Gasteiger charge is -2.37. The van der Waals surface area contributed by atoms with Crippen LogP contribution in [0.25, 0.3) is 10.9 Å². The highest BCUT2D eigenvalue weighted by Gasteiger charge is 2.40. The zero-order valence-corrected chi connectivity index (χ0v) is 16.4. The van der Waals surface area contributed by atoms with Crippen LogP contribution in [0.2, 0.25) is 0 Å². The molecule has 1 aromatic carbocycles. The highest BCUT2D eigenvalue weighted by atomic mass is 16.2. The second-order valence-electron chi connectivity index (χ2n) is 8.44. The highest BCUT2D eigenvalue weighted by molar-refractivity contribution is 5.87. The van der Waals surface area contributed by atoms with Crippen LogP contribution in [0.3, 0.4) is 0 Å². The number of hydrogen-bond acceptors (Lipinski definition) is 2. The number of aromatic nitrogens is 1. The van der Waals surface area contributed by atoms with Gasteiger partial charge in [0.25, 0.3) is 0 Å². The van der Waals surface area contributed by atoms with Crippen molar-refractivity contribution >= 4 is 16.8 Å². The second-order valence-corrected chi connectivity index (χ2v) is 8.44. The molecular weight excluding hydrogens is 322 g/mol. The topological polar surface area (TPSA) is 37.3 Å². The minimum absolute atomic E-state index is 0.229. The molecule has 1 fully saturated rings. The third kappa shape index (κ3) is 2.84. The lowest BCUT2D eigenvalue weighted by Crippen LogP contribution is -2.44. The van der Waals surface area contributed by atoms with E-state index in [-0.39, 0.29) is 11.3 Å². The number of amides is 1. The molecule has 1 aliphatic heterocycles. The molecule has 2 heterocycles. The van der Waals surface area contributed by atoms with E-state index in [0.717, 1.165) is 51.7 Å². The standard InChI is InChI=1S/C22H31N3O/c1-16-7-8-19-17(13-16)18-14-24(3)12-9-20(18)25(19)15-22(21(26)23-2)10-5-4-6-11-22/h7-8,13H,4-6,9-12,14-15H2,1-3H3,(H,23,26). The van der Waals surface area contributed by atoms with Gasteiger partial charge in [-0.15, -0.1) is 0 Å². The lowest BCUT2D eigenvalue weighted by molar-refractivity contribution is -0.133. The van der Waals surface area contributed by atoms with Crippen LogP contribution in [-0.2, 0) is 24.3 Å². The molecule has 2 aromatic rings. The number of carbonyl (C=O) groups is 1. The Balaban J connectivity index is 1.84. The molecule has 0 unspecified atom stereocenters. The van der Waals surface area contributed by atoms with Gasteiger partial charge in [-0.3, -0.25) is 4.79 Å². The third-order valence-electron chi connectivity index (χ3n) is 6.58. The average Bonchev–Trinajstić information content (AvgIpc) is 2.94. The number of carbonyl (C=O) groups excluding carboxylic acids is 1. The summed E-state index contributed by atoms with van der Waals surface area (Å²) in [5.74, 6) is 0.229. The van der Waals surface area contributed by atoms with Gasteiger partial charge in [0, 0.05) is 49.7 Å². The van der Waals surface area contributed by atoms with Gasteiger partial charge in [0.15, 0.2) is 0 Å². The summed E-state index contributed by atoms with van der Waals surface area (Å²) in [6, 6.07) is 6.81. The van der Waals surface area contributed by atoms with Crippen LogP contribution < -0.4 is 5.32 Å². The number of hydrogen-bond donors (Lipinski definition) is 1. The maximum absolute atomic E-state index is 12.9. The molecule has 4 heteroatoms. The summed E-state index contributed by atoms with van der Waals surface area (Å²) in [5.41, 5.74) is 5.30. The number of likely N-dealkylation sites (N-methyl/N-ethyl adjacent to an activating group) is 1. The Bertz CT molecular complexity index is 830. The molecule has 1 saturated carbocycles. The van der Waals surface area contributed by atoms with Crippen molar-refractivity contribution in [2.24, 2.45) is 5.41 Å². The van der Waals surface area contributed by atoms with Crippen molar-refractivity contribution in [2.45, 2.75) is 58.5 Å².